The van der Waals surface area contributed by atoms with Gasteiger partial charge in [-0.1, -0.05) is 11.2 Å². The van der Waals surface area contributed by atoms with Crippen molar-refractivity contribution >= 4 is 17.2 Å². The minimum atomic E-state index is 0.0904. The average molecular weight is 375 g/mol. The number of hydrogen-bond donors (Lipinski definition) is 0. The van der Waals surface area contributed by atoms with Crippen LogP contribution in [0.15, 0.2) is 22.0 Å². The summed E-state index contributed by atoms with van der Waals surface area (Å²) in [6, 6.07) is 4.08. The van der Waals surface area contributed by atoms with Crippen molar-refractivity contribution < 1.29 is 9.32 Å². The number of nitrogens with zero attached hydrogens (tertiary/aromatic N) is 5. The smallest absolute Gasteiger partial charge is 0.244 e. The molecule has 7 nitrogen and oxygen atoms in total. The summed E-state index contributed by atoms with van der Waals surface area (Å²) in [7, 11) is 0. The third-order valence-electron chi connectivity index (χ3n) is 5.31. The van der Waals surface area contributed by atoms with Crippen molar-refractivity contribution in [3.63, 3.8) is 0 Å². The van der Waals surface area contributed by atoms with Gasteiger partial charge in [0.25, 0.3) is 0 Å². The molecule has 2 aliphatic heterocycles. The number of carbonyl (C=O) groups is 1. The molecule has 2 aromatic heterocycles. The fourth-order valence-corrected chi connectivity index (χ4v) is 4.28. The lowest BCUT2D eigenvalue weighted by molar-refractivity contribution is -0.131. The second kappa shape index (κ2) is 7.85. The Kier molecular flexibility index (Phi) is 5.33. The van der Waals surface area contributed by atoms with Crippen LogP contribution >= 0.6 is 11.3 Å². The van der Waals surface area contributed by atoms with E-state index in [0.717, 1.165) is 57.0 Å². The molecule has 2 aromatic rings. The van der Waals surface area contributed by atoms with Crippen molar-refractivity contribution in [3.05, 3.63) is 23.4 Å². The maximum absolute atomic E-state index is 12.3. The van der Waals surface area contributed by atoms with Crippen LogP contribution in [-0.4, -0.2) is 76.6 Å². The third kappa shape index (κ3) is 3.82. The first-order valence-electron chi connectivity index (χ1n) is 9.32. The minimum Gasteiger partial charge on any atom is -0.342 e. The van der Waals surface area contributed by atoms with Crippen LogP contribution in [0.3, 0.4) is 0 Å². The van der Waals surface area contributed by atoms with Crippen molar-refractivity contribution in [3.8, 4) is 10.7 Å². The first-order chi connectivity index (χ1) is 12.7. The Morgan fingerprint density at radius 1 is 1.23 bits per heavy atom. The number of piperazine rings is 1. The predicted molar refractivity (Wildman–Crippen MR) is 99.9 cm³/mol. The predicted octanol–water partition coefficient (Wildman–Crippen LogP) is 2.10. The highest BCUT2D eigenvalue weighted by atomic mass is 32.1. The van der Waals surface area contributed by atoms with E-state index in [2.05, 4.69) is 26.9 Å². The van der Waals surface area contributed by atoms with Crippen LogP contribution < -0.4 is 0 Å². The molecule has 1 amide bonds. The number of amides is 1. The molecule has 2 saturated heterocycles. The summed E-state index contributed by atoms with van der Waals surface area (Å²) >= 11 is 1.61. The molecule has 2 aliphatic rings. The van der Waals surface area contributed by atoms with Gasteiger partial charge in [-0.15, -0.1) is 11.3 Å². The van der Waals surface area contributed by atoms with Crippen LogP contribution in [0.2, 0.25) is 0 Å². The molecule has 0 radical (unpaired) electrons. The lowest BCUT2D eigenvalue weighted by atomic mass is 10.2. The fraction of sp³-hybridized carbons (Fsp3) is 0.611. The maximum atomic E-state index is 12.3. The van der Waals surface area contributed by atoms with Gasteiger partial charge >= 0.3 is 0 Å². The van der Waals surface area contributed by atoms with E-state index in [-0.39, 0.29) is 11.9 Å². The molecular formula is C18H25N5O2S. The Morgan fingerprint density at radius 3 is 2.69 bits per heavy atom. The highest BCUT2D eigenvalue weighted by Crippen LogP contribution is 2.25. The molecule has 0 bridgehead atoms. The zero-order valence-corrected chi connectivity index (χ0v) is 16.0. The SMILES string of the molecule is CC(c1nc(-c2cccs2)no1)N1CCN(CC(=O)N2CCCC2)CC1. The molecule has 2 fully saturated rings. The maximum Gasteiger partial charge on any atom is 0.244 e. The Hall–Kier alpha value is -1.77. The van der Waals surface area contributed by atoms with Gasteiger partial charge in [0.15, 0.2) is 0 Å². The molecule has 1 unspecified atom stereocenters. The molecule has 0 spiro atoms. The third-order valence-corrected chi connectivity index (χ3v) is 6.18. The topological polar surface area (TPSA) is 65.7 Å². The number of likely N-dealkylation sites (tertiary alicyclic amines) is 1. The highest BCUT2D eigenvalue weighted by Gasteiger charge is 2.28. The largest absolute Gasteiger partial charge is 0.342 e. The summed E-state index contributed by atoms with van der Waals surface area (Å²) in [6.45, 7) is 8.13. The molecule has 26 heavy (non-hydrogen) atoms. The van der Waals surface area contributed by atoms with E-state index >= 15 is 0 Å². The first kappa shape index (κ1) is 17.6. The van der Waals surface area contributed by atoms with E-state index in [1.807, 2.05) is 22.4 Å². The number of hydrogen-bond acceptors (Lipinski definition) is 7. The quantitative estimate of drug-likeness (QED) is 0.797. The van der Waals surface area contributed by atoms with Crippen molar-refractivity contribution in [2.75, 3.05) is 45.8 Å². The molecule has 1 atom stereocenters. The Balaban J connectivity index is 1.29. The first-order valence-corrected chi connectivity index (χ1v) is 10.2. The molecule has 0 saturated carbocycles. The van der Waals surface area contributed by atoms with E-state index < -0.39 is 0 Å². The van der Waals surface area contributed by atoms with Crippen LogP contribution in [0.5, 0.6) is 0 Å². The monoisotopic (exact) mass is 375 g/mol. The summed E-state index contributed by atoms with van der Waals surface area (Å²) in [4.78, 5) is 24.5. The van der Waals surface area contributed by atoms with Gasteiger partial charge in [0.05, 0.1) is 17.5 Å². The summed E-state index contributed by atoms with van der Waals surface area (Å²) in [5, 5.41) is 6.12. The van der Waals surface area contributed by atoms with Crippen LogP contribution in [-0.2, 0) is 4.79 Å². The van der Waals surface area contributed by atoms with E-state index in [4.69, 9.17) is 4.52 Å². The molecular weight excluding hydrogens is 350 g/mol. The molecule has 4 rings (SSSR count). The average Bonchev–Trinajstić information content (AvgIpc) is 3.43. The van der Waals surface area contributed by atoms with Crippen LogP contribution in [0, 0.1) is 0 Å². The Bertz CT molecular complexity index is 718. The Labute approximate surface area is 157 Å². The molecule has 0 aromatic carbocycles. The number of rotatable bonds is 5. The number of thiophene rings is 1. The lowest BCUT2D eigenvalue weighted by Gasteiger charge is -2.36. The van der Waals surface area contributed by atoms with Gasteiger partial charge in [0.1, 0.15) is 0 Å². The number of carbonyl (C=O) groups excluding carboxylic acids is 1. The minimum absolute atomic E-state index is 0.0904. The zero-order valence-electron chi connectivity index (χ0n) is 15.1. The van der Waals surface area contributed by atoms with Crippen LogP contribution in [0.1, 0.15) is 31.7 Å². The summed E-state index contributed by atoms with van der Waals surface area (Å²) < 4.78 is 5.49. The molecule has 8 heteroatoms. The van der Waals surface area contributed by atoms with Crippen LogP contribution in [0.25, 0.3) is 10.7 Å². The second-order valence-corrected chi connectivity index (χ2v) is 7.96. The highest BCUT2D eigenvalue weighted by molar-refractivity contribution is 7.13. The normalized spacial score (nSPS) is 20.6. The summed E-state index contributed by atoms with van der Waals surface area (Å²) in [5.74, 6) is 1.60. The molecule has 4 heterocycles. The molecule has 0 aliphatic carbocycles. The van der Waals surface area contributed by atoms with Gasteiger partial charge in [0.2, 0.25) is 17.6 Å². The number of aromatic nitrogens is 2. The summed E-state index contributed by atoms with van der Waals surface area (Å²) in [6.07, 6.45) is 2.29. The van der Waals surface area contributed by atoms with E-state index in [1.165, 1.54) is 0 Å². The van der Waals surface area contributed by atoms with Gasteiger partial charge in [-0.3, -0.25) is 14.6 Å². The van der Waals surface area contributed by atoms with Gasteiger partial charge < -0.3 is 9.42 Å². The van der Waals surface area contributed by atoms with E-state index in [9.17, 15) is 4.79 Å². The standard InChI is InChI=1S/C18H25N5O2S/c1-14(18-19-17(20-25-18)15-5-4-12-26-15)22-10-8-21(9-11-22)13-16(24)23-6-2-3-7-23/h4-5,12,14H,2-3,6-11,13H2,1H3. The lowest BCUT2D eigenvalue weighted by Crippen LogP contribution is -2.50. The summed E-state index contributed by atoms with van der Waals surface area (Å²) in [5.41, 5.74) is 0. The van der Waals surface area contributed by atoms with Gasteiger partial charge in [-0.25, -0.2) is 0 Å². The van der Waals surface area contributed by atoms with Gasteiger partial charge in [-0.05, 0) is 31.2 Å². The van der Waals surface area contributed by atoms with Crippen molar-refractivity contribution in [2.24, 2.45) is 0 Å². The second-order valence-electron chi connectivity index (χ2n) is 7.01. The van der Waals surface area contributed by atoms with E-state index in [1.54, 1.807) is 11.3 Å². The van der Waals surface area contributed by atoms with Crippen molar-refractivity contribution in [2.45, 2.75) is 25.8 Å². The van der Waals surface area contributed by atoms with Crippen LogP contribution in [0.4, 0.5) is 0 Å². The molecule has 140 valence electrons. The van der Waals surface area contributed by atoms with Crippen molar-refractivity contribution in [1.82, 2.24) is 24.8 Å². The fourth-order valence-electron chi connectivity index (χ4n) is 3.63. The molecule has 0 N–H and O–H groups in total. The zero-order chi connectivity index (χ0) is 17.9. The van der Waals surface area contributed by atoms with E-state index in [0.29, 0.717) is 18.3 Å². The van der Waals surface area contributed by atoms with Gasteiger partial charge in [-0.2, -0.15) is 4.98 Å². The Morgan fingerprint density at radius 2 is 2.00 bits per heavy atom. The van der Waals surface area contributed by atoms with Crippen molar-refractivity contribution in [1.29, 1.82) is 0 Å². The van der Waals surface area contributed by atoms with Gasteiger partial charge in [0, 0.05) is 39.3 Å².